The van der Waals surface area contributed by atoms with Crippen LogP contribution in [0.25, 0.3) is 0 Å². The van der Waals surface area contributed by atoms with Crippen LogP contribution in [0.5, 0.6) is 0 Å². The summed E-state index contributed by atoms with van der Waals surface area (Å²) in [7, 11) is 0. The summed E-state index contributed by atoms with van der Waals surface area (Å²) in [6.45, 7) is -0.227. The van der Waals surface area contributed by atoms with E-state index >= 15 is 0 Å². The van der Waals surface area contributed by atoms with Gasteiger partial charge in [-0.05, 0) is 13.8 Å². The SMILES string of the molecule is [2H]C([2H])(O)[C@H]1O[C@@H](n2c(C)cc(=O)[nH]c2=O)C(O)(C#CC)[C@H]1O. The smallest absolute Gasteiger partial charge is 0.330 e. The molecule has 1 unspecified atom stereocenters. The van der Waals surface area contributed by atoms with Crippen molar-refractivity contribution in [1.29, 1.82) is 0 Å². The van der Waals surface area contributed by atoms with Gasteiger partial charge in [-0.1, -0.05) is 5.92 Å². The van der Waals surface area contributed by atoms with Gasteiger partial charge in [0.05, 0.1) is 9.30 Å². The number of aromatic nitrogens is 2. The van der Waals surface area contributed by atoms with E-state index in [1.54, 1.807) is 0 Å². The highest BCUT2D eigenvalue weighted by molar-refractivity contribution is 5.23. The van der Waals surface area contributed by atoms with Crippen molar-refractivity contribution in [2.24, 2.45) is 0 Å². The molecular formula is C13H16N2O6. The number of hydrogen-bond acceptors (Lipinski definition) is 6. The Balaban J connectivity index is 2.67. The van der Waals surface area contributed by atoms with Crippen LogP contribution in [0.3, 0.4) is 0 Å². The van der Waals surface area contributed by atoms with Crippen LogP contribution in [-0.2, 0) is 4.74 Å². The van der Waals surface area contributed by atoms with Gasteiger partial charge in [0.15, 0.2) is 11.8 Å². The van der Waals surface area contributed by atoms with Crippen LogP contribution >= 0.6 is 0 Å². The molecule has 1 aromatic heterocycles. The van der Waals surface area contributed by atoms with Crippen LogP contribution in [0, 0.1) is 18.8 Å². The summed E-state index contributed by atoms with van der Waals surface area (Å²) >= 11 is 0. The van der Waals surface area contributed by atoms with Crippen molar-refractivity contribution in [2.75, 3.05) is 6.56 Å². The van der Waals surface area contributed by atoms with Gasteiger partial charge in [0.1, 0.15) is 12.2 Å². The summed E-state index contributed by atoms with van der Waals surface area (Å²) in [4.78, 5) is 25.3. The lowest BCUT2D eigenvalue weighted by atomic mass is 9.94. The first-order valence-corrected chi connectivity index (χ1v) is 6.07. The van der Waals surface area contributed by atoms with Crippen LogP contribution in [0.2, 0.25) is 0 Å². The first-order chi connectivity index (χ1) is 10.5. The molecule has 1 aliphatic heterocycles. The highest BCUT2D eigenvalue weighted by atomic mass is 16.6. The zero-order valence-corrected chi connectivity index (χ0v) is 11.3. The Kier molecular flexibility index (Phi) is 3.33. The first kappa shape index (κ1) is 12.8. The molecule has 21 heavy (non-hydrogen) atoms. The maximum absolute atomic E-state index is 12.0. The van der Waals surface area contributed by atoms with E-state index in [1.165, 1.54) is 13.8 Å². The minimum absolute atomic E-state index is 0.103. The van der Waals surface area contributed by atoms with E-state index in [-0.39, 0.29) is 5.69 Å². The molecule has 8 nitrogen and oxygen atoms in total. The van der Waals surface area contributed by atoms with E-state index in [0.717, 1.165) is 10.6 Å². The Morgan fingerprint density at radius 1 is 1.62 bits per heavy atom. The quantitative estimate of drug-likeness (QED) is 0.461. The van der Waals surface area contributed by atoms with Gasteiger partial charge in [-0.15, -0.1) is 5.92 Å². The predicted octanol–water partition coefficient (Wildman–Crippen LogP) is -2.15. The Bertz CT molecular complexity index is 787. The summed E-state index contributed by atoms with van der Waals surface area (Å²) in [5, 5.41) is 30.3. The number of H-pyrrole nitrogens is 1. The number of aliphatic hydroxyl groups excluding tert-OH is 1. The molecule has 2 heterocycles. The van der Waals surface area contributed by atoms with Crippen molar-refractivity contribution >= 4 is 0 Å². The third kappa shape index (κ3) is 2.41. The third-order valence-electron chi connectivity index (χ3n) is 3.25. The number of rotatable bonds is 2. The van der Waals surface area contributed by atoms with Crippen molar-refractivity contribution < 1.29 is 22.8 Å². The Morgan fingerprint density at radius 3 is 2.81 bits per heavy atom. The van der Waals surface area contributed by atoms with Crippen LogP contribution in [0.15, 0.2) is 15.7 Å². The largest absolute Gasteiger partial charge is 0.394 e. The molecule has 0 amide bonds. The van der Waals surface area contributed by atoms with Crippen LogP contribution in [-0.4, -0.2) is 49.2 Å². The number of hydrogen-bond donors (Lipinski definition) is 4. The van der Waals surface area contributed by atoms with Crippen molar-refractivity contribution in [3.8, 4) is 11.8 Å². The van der Waals surface area contributed by atoms with Gasteiger partial charge in [0, 0.05) is 11.8 Å². The Morgan fingerprint density at radius 2 is 2.29 bits per heavy atom. The molecule has 0 bridgehead atoms. The summed E-state index contributed by atoms with van der Waals surface area (Å²) in [5.74, 6) is 4.66. The molecule has 0 aromatic carbocycles. The standard InChI is InChI=1S/C13H16N2O6/c1-3-4-13(20)10(18)8(6-16)21-11(13)15-7(2)5-9(17)14-12(15)19/h5,8,10-11,16,18,20H,6H2,1-2H3,(H,14,17,19)/t8-,10+,11-,13?/m1/s1/i6D2. The molecule has 1 saturated heterocycles. The molecule has 4 atom stereocenters. The minimum Gasteiger partial charge on any atom is -0.394 e. The van der Waals surface area contributed by atoms with Crippen molar-refractivity contribution in [3.05, 3.63) is 32.6 Å². The molecular weight excluding hydrogens is 280 g/mol. The fourth-order valence-corrected chi connectivity index (χ4v) is 2.30. The number of aromatic amines is 1. The molecule has 0 aliphatic carbocycles. The molecule has 0 spiro atoms. The molecule has 0 saturated carbocycles. The molecule has 114 valence electrons. The predicted molar refractivity (Wildman–Crippen MR) is 71.5 cm³/mol. The fraction of sp³-hybridized carbons (Fsp3) is 0.538. The number of nitrogens with zero attached hydrogens (tertiary/aromatic N) is 1. The van der Waals surface area contributed by atoms with Gasteiger partial charge < -0.3 is 20.1 Å². The van der Waals surface area contributed by atoms with E-state index in [0.29, 0.717) is 0 Å². The van der Waals surface area contributed by atoms with Crippen LogP contribution in [0.1, 0.15) is 21.6 Å². The summed E-state index contributed by atoms with van der Waals surface area (Å²) in [6.07, 6.45) is -5.41. The van der Waals surface area contributed by atoms with Gasteiger partial charge in [0.25, 0.3) is 5.56 Å². The molecule has 1 aliphatic rings. The van der Waals surface area contributed by atoms with Crippen molar-refractivity contribution in [3.63, 3.8) is 0 Å². The highest BCUT2D eigenvalue weighted by Gasteiger charge is 2.56. The number of aliphatic hydroxyl groups is 3. The highest BCUT2D eigenvalue weighted by Crippen LogP contribution is 2.37. The molecule has 2 rings (SSSR count). The number of aryl methyl sites for hydroxylation is 1. The van der Waals surface area contributed by atoms with Gasteiger partial charge in [-0.2, -0.15) is 0 Å². The maximum atomic E-state index is 12.0. The second-order valence-corrected chi connectivity index (χ2v) is 4.63. The lowest BCUT2D eigenvalue weighted by Crippen LogP contribution is -2.48. The zero-order valence-electron chi connectivity index (χ0n) is 13.3. The Hall–Kier alpha value is -1.92. The fourth-order valence-electron chi connectivity index (χ4n) is 2.30. The molecule has 0 radical (unpaired) electrons. The van der Waals surface area contributed by atoms with Crippen molar-refractivity contribution in [1.82, 2.24) is 9.55 Å². The monoisotopic (exact) mass is 298 g/mol. The molecule has 1 fully saturated rings. The second kappa shape index (κ2) is 5.46. The minimum atomic E-state index is -2.99. The van der Waals surface area contributed by atoms with Crippen molar-refractivity contribution in [2.45, 2.75) is 37.9 Å². The Labute approximate surface area is 122 Å². The lowest BCUT2D eigenvalue weighted by Gasteiger charge is -2.27. The van der Waals surface area contributed by atoms with Crippen LogP contribution < -0.4 is 11.2 Å². The first-order valence-electron chi connectivity index (χ1n) is 7.07. The van der Waals surface area contributed by atoms with Gasteiger partial charge in [-0.3, -0.25) is 14.3 Å². The van der Waals surface area contributed by atoms with Crippen LogP contribution in [0.4, 0.5) is 0 Å². The maximum Gasteiger partial charge on any atom is 0.330 e. The average Bonchev–Trinajstić information content (AvgIpc) is 2.63. The normalized spacial score (nSPS) is 33.9. The van der Waals surface area contributed by atoms with E-state index in [9.17, 15) is 24.9 Å². The van der Waals surface area contributed by atoms with E-state index in [1.807, 2.05) is 4.98 Å². The van der Waals surface area contributed by atoms with Gasteiger partial charge in [0.2, 0.25) is 0 Å². The molecule has 8 heteroatoms. The summed E-state index contributed by atoms with van der Waals surface area (Å²) in [6, 6.07) is 1.07. The lowest BCUT2D eigenvalue weighted by molar-refractivity contribution is -0.0775. The van der Waals surface area contributed by atoms with E-state index in [2.05, 4.69) is 11.8 Å². The molecule has 4 N–H and O–H groups in total. The van der Waals surface area contributed by atoms with E-state index in [4.69, 9.17) is 7.48 Å². The second-order valence-electron chi connectivity index (χ2n) is 4.63. The topological polar surface area (TPSA) is 125 Å². The summed E-state index contributed by atoms with van der Waals surface area (Å²) in [5.41, 5.74) is -3.85. The van der Waals surface area contributed by atoms with Gasteiger partial charge >= 0.3 is 5.69 Å². The number of nitrogens with one attached hydrogen (secondary N) is 1. The average molecular weight is 298 g/mol. The molecule has 1 aromatic rings. The third-order valence-corrected chi connectivity index (χ3v) is 3.25. The summed E-state index contributed by atoms with van der Waals surface area (Å²) < 4.78 is 20.6. The number of ether oxygens (including phenoxy) is 1. The van der Waals surface area contributed by atoms with Gasteiger partial charge in [-0.25, -0.2) is 4.79 Å². The van der Waals surface area contributed by atoms with E-state index < -0.39 is 41.8 Å². The zero-order chi connectivity index (χ0) is 17.6.